The topological polar surface area (TPSA) is 94.5 Å². The Hall–Kier alpha value is -2.60. The lowest BCUT2D eigenvalue weighted by molar-refractivity contribution is 0.0730. The van der Waals surface area contributed by atoms with E-state index in [2.05, 4.69) is 30.6 Å². The van der Waals surface area contributed by atoms with Gasteiger partial charge in [0.25, 0.3) is 0 Å². The molecule has 1 aliphatic rings. The van der Waals surface area contributed by atoms with Crippen LogP contribution in [0.1, 0.15) is 25.0 Å². The van der Waals surface area contributed by atoms with E-state index < -0.39 is 10.0 Å². The van der Waals surface area contributed by atoms with Gasteiger partial charge in [0.05, 0.1) is 41.1 Å². The maximum atomic E-state index is 13.1. The summed E-state index contributed by atoms with van der Waals surface area (Å²) in [5.41, 5.74) is 3.11. The monoisotopic (exact) mass is 428 g/mol. The van der Waals surface area contributed by atoms with Gasteiger partial charge in [-0.1, -0.05) is 26.0 Å². The molecule has 0 aliphatic carbocycles. The highest BCUT2D eigenvalue weighted by atomic mass is 32.2. The van der Waals surface area contributed by atoms with Crippen molar-refractivity contribution in [2.45, 2.75) is 25.3 Å². The summed E-state index contributed by atoms with van der Waals surface area (Å²) in [5.74, 6) is 0.446. The highest BCUT2D eigenvalue weighted by Gasteiger charge is 2.27. The lowest BCUT2D eigenvalue weighted by atomic mass is 10.1. The van der Waals surface area contributed by atoms with Gasteiger partial charge in [-0.15, -0.1) is 0 Å². The molecule has 0 atom stereocenters. The van der Waals surface area contributed by atoms with Gasteiger partial charge in [0.1, 0.15) is 0 Å². The molecule has 3 rings (SSSR count). The Morgan fingerprint density at radius 3 is 2.57 bits per heavy atom. The minimum Gasteiger partial charge on any atom is -0.383 e. The molecule has 2 aromatic rings. The Kier molecular flexibility index (Phi) is 7.32. The first-order valence-corrected chi connectivity index (χ1v) is 11.5. The largest absolute Gasteiger partial charge is 0.383 e. The number of hydrogen-bond acceptors (Lipinski definition) is 6. The van der Waals surface area contributed by atoms with E-state index in [0.717, 1.165) is 17.8 Å². The molecule has 7 nitrogen and oxygen atoms in total. The number of anilines is 2. The average Bonchev–Trinajstić information content (AvgIpc) is 2.77. The van der Waals surface area contributed by atoms with Crippen molar-refractivity contribution >= 4 is 21.4 Å². The first-order valence-electron chi connectivity index (χ1n) is 10.1. The molecule has 2 N–H and O–H groups in total. The van der Waals surface area contributed by atoms with E-state index in [1.807, 2.05) is 24.3 Å². The molecule has 0 saturated carbocycles. The van der Waals surface area contributed by atoms with Crippen molar-refractivity contribution in [3.05, 3.63) is 53.6 Å². The Bertz CT molecular complexity index is 1010. The van der Waals surface area contributed by atoms with Crippen LogP contribution in [-0.2, 0) is 21.3 Å². The fourth-order valence-electron chi connectivity index (χ4n) is 3.18. The molecule has 1 fully saturated rings. The standard InChI is InChI=1S/C22H28N4O3S/c1-17(2)15-24-21-7-6-20(30(27,28)26-8-10-29-11-9-26)13-22(21)25-16-19-5-3-4-18(12-19)14-23/h3-7,12-13,17,24-25H,8-11,15-16H2,1-2H3. The molecular formula is C22H28N4O3S. The van der Waals surface area contributed by atoms with Crippen molar-refractivity contribution in [3.63, 3.8) is 0 Å². The van der Waals surface area contributed by atoms with Crippen molar-refractivity contribution in [1.29, 1.82) is 5.26 Å². The second kappa shape index (κ2) is 9.94. The summed E-state index contributed by atoms with van der Waals surface area (Å²) in [6.45, 7) is 7.02. The number of morpholine rings is 1. The van der Waals surface area contributed by atoms with Gasteiger partial charge in [0.15, 0.2) is 0 Å². The van der Waals surface area contributed by atoms with Crippen molar-refractivity contribution in [2.75, 3.05) is 43.5 Å². The third kappa shape index (κ3) is 5.51. The van der Waals surface area contributed by atoms with Crippen molar-refractivity contribution in [1.82, 2.24) is 4.31 Å². The maximum absolute atomic E-state index is 13.1. The Morgan fingerprint density at radius 1 is 1.10 bits per heavy atom. The summed E-state index contributed by atoms with van der Waals surface area (Å²) < 4.78 is 32.9. The van der Waals surface area contributed by atoms with Crippen LogP contribution in [0.5, 0.6) is 0 Å². The van der Waals surface area contributed by atoms with E-state index in [4.69, 9.17) is 10.00 Å². The second-order valence-corrected chi connectivity index (χ2v) is 9.60. The molecule has 1 saturated heterocycles. The minimum atomic E-state index is -3.58. The lowest BCUT2D eigenvalue weighted by Gasteiger charge is -2.26. The number of nitriles is 1. The third-order valence-corrected chi connectivity index (χ3v) is 6.73. The molecule has 2 aromatic carbocycles. The van der Waals surface area contributed by atoms with Crippen LogP contribution in [0.2, 0.25) is 0 Å². The quantitative estimate of drug-likeness (QED) is 0.670. The number of nitrogens with zero attached hydrogens (tertiary/aromatic N) is 2. The fourth-order valence-corrected chi connectivity index (χ4v) is 4.62. The number of nitrogens with one attached hydrogen (secondary N) is 2. The van der Waals surface area contributed by atoms with Crippen LogP contribution in [0.15, 0.2) is 47.4 Å². The smallest absolute Gasteiger partial charge is 0.243 e. The fraction of sp³-hybridized carbons (Fsp3) is 0.409. The zero-order valence-electron chi connectivity index (χ0n) is 17.4. The highest BCUT2D eigenvalue weighted by molar-refractivity contribution is 7.89. The molecule has 0 amide bonds. The van der Waals surface area contributed by atoms with Gasteiger partial charge in [0.2, 0.25) is 10.0 Å². The van der Waals surface area contributed by atoms with Crippen LogP contribution in [0, 0.1) is 17.2 Å². The second-order valence-electron chi connectivity index (χ2n) is 7.66. The Morgan fingerprint density at radius 2 is 1.87 bits per heavy atom. The zero-order chi connectivity index (χ0) is 21.6. The molecule has 160 valence electrons. The first kappa shape index (κ1) is 22.1. The summed E-state index contributed by atoms with van der Waals surface area (Å²) >= 11 is 0. The SMILES string of the molecule is CC(C)CNc1ccc(S(=O)(=O)N2CCOCC2)cc1NCc1cccc(C#N)c1. The third-order valence-electron chi connectivity index (χ3n) is 4.84. The molecular weight excluding hydrogens is 400 g/mol. The van der Waals surface area contributed by atoms with Crippen LogP contribution in [-0.4, -0.2) is 45.6 Å². The van der Waals surface area contributed by atoms with E-state index >= 15 is 0 Å². The highest BCUT2D eigenvalue weighted by Crippen LogP contribution is 2.28. The normalized spacial score (nSPS) is 15.0. The summed E-state index contributed by atoms with van der Waals surface area (Å²) in [6.07, 6.45) is 0. The van der Waals surface area contributed by atoms with Gasteiger partial charge in [-0.25, -0.2) is 8.42 Å². The number of benzene rings is 2. The van der Waals surface area contributed by atoms with Crippen molar-refractivity contribution in [2.24, 2.45) is 5.92 Å². The molecule has 0 spiro atoms. The van der Waals surface area contributed by atoms with Gasteiger partial charge in [-0.2, -0.15) is 9.57 Å². The predicted octanol–water partition coefficient (Wildman–Crippen LogP) is 3.26. The van der Waals surface area contributed by atoms with Crippen LogP contribution < -0.4 is 10.6 Å². The number of rotatable bonds is 8. The molecule has 8 heteroatoms. The summed E-state index contributed by atoms with van der Waals surface area (Å²) in [7, 11) is -3.58. The molecule has 30 heavy (non-hydrogen) atoms. The van der Waals surface area contributed by atoms with E-state index in [0.29, 0.717) is 50.0 Å². The Labute approximate surface area is 178 Å². The van der Waals surface area contributed by atoms with Crippen LogP contribution >= 0.6 is 0 Å². The summed E-state index contributed by atoms with van der Waals surface area (Å²) in [4.78, 5) is 0.257. The molecule has 0 radical (unpaired) electrons. The predicted molar refractivity (Wildman–Crippen MR) is 118 cm³/mol. The number of hydrogen-bond donors (Lipinski definition) is 2. The molecule has 0 unspecified atom stereocenters. The van der Waals surface area contributed by atoms with Gasteiger partial charge in [-0.3, -0.25) is 0 Å². The molecule has 1 heterocycles. The Balaban J connectivity index is 1.86. The van der Waals surface area contributed by atoms with Gasteiger partial charge >= 0.3 is 0 Å². The molecule has 0 bridgehead atoms. The van der Waals surface area contributed by atoms with E-state index in [1.165, 1.54) is 4.31 Å². The molecule has 0 aromatic heterocycles. The van der Waals surface area contributed by atoms with Crippen molar-refractivity contribution in [3.8, 4) is 6.07 Å². The van der Waals surface area contributed by atoms with E-state index in [1.54, 1.807) is 18.2 Å². The maximum Gasteiger partial charge on any atom is 0.243 e. The number of ether oxygens (including phenoxy) is 1. The molecule has 1 aliphatic heterocycles. The summed E-state index contributed by atoms with van der Waals surface area (Å²) in [6, 6.07) is 14.6. The minimum absolute atomic E-state index is 0.257. The van der Waals surface area contributed by atoms with Gasteiger partial charge < -0.3 is 15.4 Å². The van der Waals surface area contributed by atoms with Gasteiger partial charge in [-0.05, 0) is 41.8 Å². The van der Waals surface area contributed by atoms with Crippen LogP contribution in [0.25, 0.3) is 0 Å². The lowest BCUT2D eigenvalue weighted by Crippen LogP contribution is -2.40. The van der Waals surface area contributed by atoms with Crippen molar-refractivity contribution < 1.29 is 13.2 Å². The first-order chi connectivity index (χ1) is 14.4. The van der Waals surface area contributed by atoms with Crippen LogP contribution in [0.4, 0.5) is 11.4 Å². The van der Waals surface area contributed by atoms with Crippen LogP contribution in [0.3, 0.4) is 0 Å². The number of sulfonamides is 1. The summed E-state index contributed by atoms with van der Waals surface area (Å²) in [5, 5.41) is 15.8. The average molecular weight is 429 g/mol. The van der Waals surface area contributed by atoms with E-state index in [-0.39, 0.29) is 4.90 Å². The van der Waals surface area contributed by atoms with Gasteiger partial charge in [0, 0.05) is 26.2 Å². The zero-order valence-corrected chi connectivity index (χ0v) is 18.2. The van der Waals surface area contributed by atoms with E-state index in [9.17, 15) is 8.42 Å².